The molecule has 0 amide bonds. The highest BCUT2D eigenvalue weighted by Gasteiger charge is 2.38. The molecular weight excluding hydrogens is 356 g/mol. The fourth-order valence-electron chi connectivity index (χ4n) is 4.09. The van der Waals surface area contributed by atoms with Crippen molar-refractivity contribution >= 4 is 17.5 Å². The summed E-state index contributed by atoms with van der Waals surface area (Å²) in [5.74, 6) is 0.659. The van der Waals surface area contributed by atoms with Crippen molar-refractivity contribution in [3.8, 4) is 11.3 Å². The van der Waals surface area contributed by atoms with E-state index in [1.54, 1.807) is 4.40 Å². The van der Waals surface area contributed by atoms with Crippen LogP contribution in [0.5, 0.6) is 0 Å². The molecule has 0 bridgehead atoms. The van der Waals surface area contributed by atoms with Gasteiger partial charge < -0.3 is 0 Å². The van der Waals surface area contributed by atoms with Gasteiger partial charge in [-0.2, -0.15) is 0 Å². The second kappa shape index (κ2) is 6.82. The van der Waals surface area contributed by atoms with Gasteiger partial charge in [0.05, 0.1) is 11.3 Å². The van der Waals surface area contributed by atoms with Crippen molar-refractivity contribution in [1.29, 1.82) is 0 Å². The Hall–Kier alpha value is -2.08. The Bertz CT molecular complexity index is 1070. The number of fused-ring (bicyclic) bond motifs is 4. The highest BCUT2D eigenvalue weighted by molar-refractivity contribution is 7.98. The molecule has 0 fully saturated rings. The number of benzene rings is 1. The molecule has 5 nitrogen and oxygen atoms in total. The van der Waals surface area contributed by atoms with E-state index in [0.717, 1.165) is 54.2 Å². The van der Waals surface area contributed by atoms with Gasteiger partial charge in [0.25, 0.3) is 5.56 Å². The molecule has 0 saturated carbocycles. The van der Waals surface area contributed by atoms with E-state index < -0.39 is 0 Å². The number of rotatable bonds is 5. The van der Waals surface area contributed by atoms with Gasteiger partial charge in [-0.3, -0.25) is 4.79 Å². The number of aromatic nitrogens is 4. The first-order valence-electron chi connectivity index (χ1n) is 9.70. The molecule has 0 aliphatic heterocycles. The number of unbranched alkanes of at least 4 members (excludes halogenated alkanes) is 1. The molecule has 2 aromatic heterocycles. The number of nitrogens with zero attached hydrogens (tertiary/aromatic N) is 4. The number of thioether (sulfide) groups is 1. The summed E-state index contributed by atoms with van der Waals surface area (Å²) in [6.07, 6.45) is 5.82. The van der Waals surface area contributed by atoms with Gasteiger partial charge in [-0.15, -0.1) is 5.10 Å². The van der Waals surface area contributed by atoms with E-state index in [1.807, 2.05) is 17.0 Å². The predicted octanol–water partition coefficient (Wildman–Crippen LogP) is 4.30. The monoisotopic (exact) mass is 382 g/mol. The lowest BCUT2D eigenvalue weighted by molar-refractivity contribution is 0.439. The lowest BCUT2D eigenvalue weighted by Gasteiger charge is -2.35. The Kier molecular flexibility index (Phi) is 4.62. The van der Waals surface area contributed by atoms with E-state index in [2.05, 4.69) is 44.1 Å². The third kappa shape index (κ3) is 2.73. The Morgan fingerprint density at radius 1 is 1.26 bits per heavy atom. The maximum absolute atomic E-state index is 13.7. The molecule has 1 aliphatic rings. The van der Waals surface area contributed by atoms with Crippen molar-refractivity contribution in [2.24, 2.45) is 0 Å². The summed E-state index contributed by atoms with van der Waals surface area (Å²) in [6, 6.07) is 8.36. The minimum Gasteiger partial charge on any atom is -0.268 e. The predicted molar refractivity (Wildman–Crippen MR) is 111 cm³/mol. The van der Waals surface area contributed by atoms with Crippen LogP contribution in [0.4, 0.5) is 0 Å². The highest BCUT2D eigenvalue weighted by atomic mass is 32.2. The largest absolute Gasteiger partial charge is 0.268 e. The Labute approximate surface area is 163 Å². The molecule has 27 heavy (non-hydrogen) atoms. The molecule has 1 atom stereocenters. The van der Waals surface area contributed by atoms with Crippen molar-refractivity contribution in [3.63, 3.8) is 0 Å². The molecule has 0 unspecified atom stereocenters. The summed E-state index contributed by atoms with van der Waals surface area (Å²) in [5, 5.41) is 5.41. The van der Waals surface area contributed by atoms with Crippen LogP contribution in [-0.4, -0.2) is 25.4 Å². The molecule has 1 aromatic carbocycles. The average Bonchev–Trinajstić information content (AvgIpc) is 3.04. The maximum Gasteiger partial charge on any atom is 0.265 e. The van der Waals surface area contributed by atoms with Crippen LogP contribution < -0.4 is 5.56 Å². The van der Waals surface area contributed by atoms with Crippen LogP contribution in [0.1, 0.15) is 51.2 Å². The first-order valence-corrected chi connectivity index (χ1v) is 10.9. The summed E-state index contributed by atoms with van der Waals surface area (Å²) in [4.78, 5) is 18.7. The molecule has 142 valence electrons. The summed E-state index contributed by atoms with van der Waals surface area (Å²) in [5.41, 5.74) is 3.88. The van der Waals surface area contributed by atoms with E-state index in [9.17, 15) is 4.79 Å². The smallest absolute Gasteiger partial charge is 0.265 e. The van der Waals surface area contributed by atoms with Crippen molar-refractivity contribution < 1.29 is 0 Å². The summed E-state index contributed by atoms with van der Waals surface area (Å²) in [7, 11) is 0. The van der Waals surface area contributed by atoms with Gasteiger partial charge in [0.2, 0.25) is 5.78 Å². The van der Waals surface area contributed by atoms with Gasteiger partial charge >= 0.3 is 0 Å². The summed E-state index contributed by atoms with van der Waals surface area (Å²) < 4.78 is 3.62. The fourth-order valence-corrected chi connectivity index (χ4v) is 4.62. The Morgan fingerprint density at radius 2 is 2.04 bits per heavy atom. The van der Waals surface area contributed by atoms with Crippen molar-refractivity contribution in [1.82, 2.24) is 19.2 Å². The zero-order valence-corrected chi connectivity index (χ0v) is 17.3. The molecule has 0 spiro atoms. The average molecular weight is 383 g/mol. The zero-order chi connectivity index (χ0) is 19.2. The first kappa shape index (κ1) is 18.3. The second-order valence-corrected chi connectivity index (χ2v) is 8.36. The van der Waals surface area contributed by atoms with Crippen LogP contribution in [0.2, 0.25) is 0 Å². The minimum absolute atomic E-state index is 0.0425. The van der Waals surface area contributed by atoms with Crippen LogP contribution in [0.3, 0.4) is 0 Å². The second-order valence-electron chi connectivity index (χ2n) is 7.59. The standard InChI is InChI=1S/C21H26N4OS/c1-5-7-12-24-19-22-17-15-11-9-8-10-14(15)13-21(3,6-2)16(17)18(26)25(19)20(23-24)27-4/h8-11H,5-7,12-13H2,1-4H3/t21-/m1/s1. The van der Waals surface area contributed by atoms with E-state index >= 15 is 0 Å². The molecule has 0 N–H and O–H groups in total. The number of hydrogen-bond acceptors (Lipinski definition) is 4. The number of hydrogen-bond donors (Lipinski definition) is 0. The lowest BCUT2D eigenvalue weighted by atomic mass is 9.69. The molecule has 0 radical (unpaired) electrons. The molecule has 4 rings (SSSR count). The van der Waals surface area contributed by atoms with Crippen LogP contribution in [-0.2, 0) is 18.4 Å². The lowest BCUT2D eigenvalue weighted by Crippen LogP contribution is -2.37. The molecule has 3 aromatic rings. The third-order valence-corrected chi connectivity index (χ3v) is 6.47. The molecule has 1 aliphatic carbocycles. The van der Waals surface area contributed by atoms with Crippen LogP contribution in [0, 0.1) is 0 Å². The molecule has 6 heteroatoms. The van der Waals surface area contributed by atoms with E-state index in [1.165, 1.54) is 17.3 Å². The Balaban J connectivity index is 2.10. The van der Waals surface area contributed by atoms with Gasteiger partial charge in [0.1, 0.15) is 0 Å². The van der Waals surface area contributed by atoms with Crippen molar-refractivity contribution in [2.45, 2.75) is 63.6 Å². The van der Waals surface area contributed by atoms with Crippen LogP contribution >= 0.6 is 11.8 Å². The van der Waals surface area contributed by atoms with E-state index in [4.69, 9.17) is 4.98 Å². The van der Waals surface area contributed by atoms with Crippen molar-refractivity contribution in [2.75, 3.05) is 6.26 Å². The van der Waals surface area contributed by atoms with E-state index in [-0.39, 0.29) is 11.0 Å². The molecule has 2 heterocycles. The quantitative estimate of drug-likeness (QED) is 0.617. The van der Waals surface area contributed by atoms with Gasteiger partial charge in [-0.25, -0.2) is 14.1 Å². The summed E-state index contributed by atoms with van der Waals surface area (Å²) >= 11 is 1.50. The van der Waals surface area contributed by atoms with Gasteiger partial charge in [0.15, 0.2) is 5.16 Å². The van der Waals surface area contributed by atoms with Gasteiger partial charge in [-0.05, 0) is 31.1 Å². The van der Waals surface area contributed by atoms with Crippen molar-refractivity contribution in [3.05, 3.63) is 45.7 Å². The van der Waals surface area contributed by atoms with Crippen LogP contribution in [0.15, 0.2) is 34.2 Å². The summed E-state index contributed by atoms with van der Waals surface area (Å²) in [6.45, 7) is 7.29. The highest BCUT2D eigenvalue weighted by Crippen LogP contribution is 2.42. The molecular formula is C21H26N4OS. The first-order chi connectivity index (χ1) is 13.0. The number of aryl methyl sites for hydroxylation is 1. The SMILES string of the molecule is CCCCn1nc(SC)n2c(=O)c3c(nc12)-c1ccccc1C[C@@]3(C)CC. The van der Waals surface area contributed by atoms with E-state index in [0.29, 0.717) is 5.78 Å². The zero-order valence-electron chi connectivity index (χ0n) is 16.5. The molecule has 0 saturated heterocycles. The van der Waals surface area contributed by atoms with Crippen LogP contribution in [0.25, 0.3) is 17.0 Å². The minimum atomic E-state index is -0.212. The van der Waals surface area contributed by atoms with Gasteiger partial charge in [0, 0.05) is 17.5 Å². The normalized spacial score (nSPS) is 18.5. The topological polar surface area (TPSA) is 52.2 Å². The fraction of sp³-hybridized carbons (Fsp3) is 0.476. The Morgan fingerprint density at radius 3 is 2.74 bits per heavy atom. The third-order valence-electron chi connectivity index (χ3n) is 5.84. The van der Waals surface area contributed by atoms with Gasteiger partial charge in [-0.1, -0.05) is 63.2 Å². The maximum atomic E-state index is 13.7.